The summed E-state index contributed by atoms with van der Waals surface area (Å²) in [4.78, 5) is 12.1. The third-order valence-corrected chi connectivity index (χ3v) is 8.34. The van der Waals surface area contributed by atoms with Gasteiger partial charge < -0.3 is 9.84 Å². The standard InChI is InChI=1S/C22H34O3/c1-3-12-25-14-22-11-8-16(23)13-15(22)4-5-17-18-6-7-20(24)21(18,2)10-9-19(17)22/h13,17-20,24H,3-12,14H2,1-2H3/t17-,18-,19+,20?,21-,22+/m0/s1. The Morgan fingerprint density at radius 3 is 2.80 bits per heavy atom. The van der Waals surface area contributed by atoms with Gasteiger partial charge in [-0.3, -0.25) is 4.79 Å². The van der Waals surface area contributed by atoms with Gasteiger partial charge in [0.15, 0.2) is 5.78 Å². The maximum Gasteiger partial charge on any atom is 0.155 e. The highest BCUT2D eigenvalue weighted by Crippen LogP contribution is 2.65. The lowest BCUT2D eigenvalue weighted by Crippen LogP contribution is -2.53. The Bertz CT molecular complexity index is 568. The van der Waals surface area contributed by atoms with Crippen LogP contribution in [0, 0.1) is 28.6 Å². The van der Waals surface area contributed by atoms with E-state index in [-0.39, 0.29) is 16.9 Å². The van der Waals surface area contributed by atoms with Crippen LogP contribution >= 0.6 is 0 Å². The fraction of sp³-hybridized carbons (Fsp3) is 0.864. The van der Waals surface area contributed by atoms with Crippen LogP contribution in [0.25, 0.3) is 0 Å². The van der Waals surface area contributed by atoms with Crippen molar-refractivity contribution in [3.05, 3.63) is 11.6 Å². The SMILES string of the molecule is CCCOC[C@]12CCC(=O)C=C1CC[C@@H]1[C@H]2CC[C@]2(C)C(O)CC[C@@H]12. The van der Waals surface area contributed by atoms with Gasteiger partial charge >= 0.3 is 0 Å². The smallest absolute Gasteiger partial charge is 0.155 e. The van der Waals surface area contributed by atoms with E-state index in [4.69, 9.17) is 4.74 Å². The first kappa shape index (κ1) is 17.7. The van der Waals surface area contributed by atoms with Crippen molar-refractivity contribution in [3.63, 3.8) is 0 Å². The van der Waals surface area contributed by atoms with Gasteiger partial charge in [-0.2, -0.15) is 0 Å². The third-order valence-electron chi connectivity index (χ3n) is 8.34. The number of carbonyl (C=O) groups excluding carboxylic acids is 1. The van der Waals surface area contributed by atoms with E-state index >= 15 is 0 Å². The highest BCUT2D eigenvalue weighted by molar-refractivity contribution is 5.91. The molecule has 140 valence electrons. The summed E-state index contributed by atoms with van der Waals surface area (Å²) in [5.41, 5.74) is 1.61. The molecule has 0 aromatic rings. The monoisotopic (exact) mass is 346 g/mol. The molecule has 0 amide bonds. The number of hydrogen-bond donors (Lipinski definition) is 1. The Labute approximate surface area is 152 Å². The molecule has 6 atom stereocenters. The largest absolute Gasteiger partial charge is 0.393 e. The van der Waals surface area contributed by atoms with Crippen LogP contribution in [-0.4, -0.2) is 30.2 Å². The Kier molecular flexibility index (Phi) is 4.60. The molecule has 0 aromatic heterocycles. The number of aliphatic hydroxyl groups excluding tert-OH is 1. The molecule has 4 aliphatic carbocycles. The molecule has 0 radical (unpaired) electrons. The van der Waals surface area contributed by atoms with Gasteiger partial charge in [-0.05, 0) is 80.6 Å². The van der Waals surface area contributed by atoms with E-state index in [1.807, 2.05) is 6.08 Å². The average Bonchev–Trinajstić information content (AvgIpc) is 2.91. The highest BCUT2D eigenvalue weighted by Gasteiger charge is 2.60. The molecule has 0 heterocycles. The normalized spacial score (nSPS) is 46.2. The molecular weight excluding hydrogens is 312 g/mol. The van der Waals surface area contributed by atoms with Crippen molar-refractivity contribution in [2.24, 2.45) is 28.6 Å². The Morgan fingerprint density at radius 2 is 2.00 bits per heavy atom. The second-order valence-corrected chi connectivity index (χ2v) is 9.40. The van der Waals surface area contributed by atoms with Gasteiger partial charge in [0.1, 0.15) is 0 Å². The fourth-order valence-electron chi connectivity index (χ4n) is 7.00. The number of hydrogen-bond acceptors (Lipinski definition) is 3. The molecule has 0 spiro atoms. The summed E-state index contributed by atoms with van der Waals surface area (Å²) in [6, 6.07) is 0. The van der Waals surface area contributed by atoms with Crippen LogP contribution < -0.4 is 0 Å². The fourth-order valence-corrected chi connectivity index (χ4v) is 7.00. The van der Waals surface area contributed by atoms with Crippen molar-refractivity contribution in [1.82, 2.24) is 0 Å². The summed E-state index contributed by atoms with van der Waals surface area (Å²) in [5.74, 6) is 2.31. The lowest BCUT2D eigenvalue weighted by Gasteiger charge is -2.58. The maximum absolute atomic E-state index is 12.1. The van der Waals surface area contributed by atoms with Crippen molar-refractivity contribution in [1.29, 1.82) is 0 Å². The molecule has 3 fully saturated rings. The van der Waals surface area contributed by atoms with Gasteiger partial charge in [0.25, 0.3) is 0 Å². The van der Waals surface area contributed by atoms with Gasteiger partial charge in [-0.25, -0.2) is 0 Å². The zero-order chi connectivity index (χ0) is 17.7. The van der Waals surface area contributed by atoms with Gasteiger partial charge in [-0.15, -0.1) is 0 Å². The molecule has 0 saturated heterocycles. The van der Waals surface area contributed by atoms with E-state index < -0.39 is 0 Å². The van der Waals surface area contributed by atoms with Crippen molar-refractivity contribution >= 4 is 5.78 Å². The van der Waals surface area contributed by atoms with E-state index in [1.54, 1.807) is 0 Å². The van der Waals surface area contributed by atoms with Crippen LogP contribution in [0.5, 0.6) is 0 Å². The first-order valence-corrected chi connectivity index (χ1v) is 10.5. The number of fused-ring (bicyclic) bond motifs is 5. The summed E-state index contributed by atoms with van der Waals surface area (Å²) in [7, 11) is 0. The summed E-state index contributed by atoms with van der Waals surface area (Å²) in [5, 5.41) is 10.6. The molecule has 0 aromatic carbocycles. The topological polar surface area (TPSA) is 46.5 Å². The minimum Gasteiger partial charge on any atom is -0.393 e. The van der Waals surface area contributed by atoms with Gasteiger partial charge in [-0.1, -0.05) is 19.4 Å². The number of aliphatic hydroxyl groups is 1. The molecule has 3 saturated carbocycles. The Hall–Kier alpha value is -0.670. The van der Waals surface area contributed by atoms with Crippen molar-refractivity contribution < 1.29 is 14.6 Å². The minimum atomic E-state index is -0.115. The van der Waals surface area contributed by atoms with Crippen LogP contribution in [0.1, 0.15) is 71.6 Å². The molecule has 3 nitrogen and oxygen atoms in total. The molecule has 25 heavy (non-hydrogen) atoms. The summed E-state index contributed by atoms with van der Waals surface area (Å²) >= 11 is 0. The molecule has 3 heteroatoms. The Balaban J connectivity index is 1.66. The quantitative estimate of drug-likeness (QED) is 0.773. The molecule has 4 aliphatic rings. The molecule has 0 aliphatic heterocycles. The molecule has 4 rings (SSSR count). The average molecular weight is 347 g/mol. The van der Waals surface area contributed by atoms with Crippen molar-refractivity contribution in [2.75, 3.05) is 13.2 Å². The van der Waals surface area contributed by atoms with Gasteiger partial charge in [0.2, 0.25) is 0 Å². The van der Waals surface area contributed by atoms with Crippen molar-refractivity contribution in [3.8, 4) is 0 Å². The number of rotatable bonds is 4. The maximum atomic E-state index is 12.1. The first-order valence-electron chi connectivity index (χ1n) is 10.5. The van der Waals surface area contributed by atoms with Gasteiger partial charge in [0.05, 0.1) is 12.7 Å². The number of ketones is 1. The molecule has 1 unspecified atom stereocenters. The predicted octanol–water partition coefficient (Wildman–Crippen LogP) is 4.29. The summed E-state index contributed by atoms with van der Waals surface area (Å²) in [6.07, 6.45) is 11.3. The highest BCUT2D eigenvalue weighted by atomic mass is 16.5. The van der Waals surface area contributed by atoms with Crippen LogP contribution in [0.3, 0.4) is 0 Å². The lowest BCUT2D eigenvalue weighted by atomic mass is 9.47. The van der Waals surface area contributed by atoms with E-state index in [1.165, 1.54) is 24.8 Å². The zero-order valence-electron chi connectivity index (χ0n) is 15.9. The Morgan fingerprint density at radius 1 is 1.16 bits per heavy atom. The van der Waals surface area contributed by atoms with Crippen LogP contribution in [0.15, 0.2) is 11.6 Å². The van der Waals surface area contributed by atoms with Crippen molar-refractivity contribution in [2.45, 2.75) is 77.7 Å². The van der Waals surface area contributed by atoms with E-state index in [0.29, 0.717) is 30.0 Å². The van der Waals surface area contributed by atoms with Gasteiger partial charge in [0, 0.05) is 18.4 Å². The predicted molar refractivity (Wildman–Crippen MR) is 98.2 cm³/mol. The summed E-state index contributed by atoms with van der Waals surface area (Å²) in [6.45, 7) is 6.11. The molecule has 0 bridgehead atoms. The van der Waals surface area contributed by atoms with Crippen LogP contribution in [0.4, 0.5) is 0 Å². The van der Waals surface area contributed by atoms with Crippen LogP contribution in [-0.2, 0) is 9.53 Å². The first-order chi connectivity index (χ1) is 12.0. The number of ether oxygens (including phenoxy) is 1. The van der Waals surface area contributed by atoms with Crippen LogP contribution in [0.2, 0.25) is 0 Å². The summed E-state index contributed by atoms with van der Waals surface area (Å²) < 4.78 is 6.12. The van der Waals surface area contributed by atoms with E-state index in [0.717, 1.165) is 45.3 Å². The van der Waals surface area contributed by atoms with E-state index in [2.05, 4.69) is 13.8 Å². The zero-order valence-corrected chi connectivity index (χ0v) is 15.9. The minimum absolute atomic E-state index is 0.0981. The second-order valence-electron chi connectivity index (χ2n) is 9.40. The number of carbonyl (C=O) groups is 1. The second kappa shape index (κ2) is 6.49. The lowest BCUT2D eigenvalue weighted by molar-refractivity contribution is -0.121. The molecular formula is C22H34O3. The third kappa shape index (κ3) is 2.65. The molecule has 1 N–H and O–H groups in total. The van der Waals surface area contributed by atoms with E-state index in [9.17, 15) is 9.90 Å².